The molecule has 0 aliphatic heterocycles. The zero-order chi connectivity index (χ0) is 17.2. The molecule has 7 heteroatoms. The number of anilines is 1. The quantitative estimate of drug-likeness (QED) is 0.700. The average Bonchev–Trinajstić information content (AvgIpc) is 3.32. The van der Waals surface area contributed by atoms with Crippen molar-refractivity contribution in [2.24, 2.45) is 0 Å². The summed E-state index contributed by atoms with van der Waals surface area (Å²) in [5.74, 6) is 1.23. The molecule has 1 aliphatic carbocycles. The van der Waals surface area contributed by atoms with Crippen molar-refractivity contribution in [3.05, 3.63) is 47.4 Å². The van der Waals surface area contributed by atoms with Gasteiger partial charge in [0.25, 0.3) is 11.1 Å². The number of furan rings is 1. The van der Waals surface area contributed by atoms with Gasteiger partial charge in [0.15, 0.2) is 0 Å². The molecule has 3 aromatic rings. The van der Waals surface area contributed by atoms with Gasteiger partial charge >= 0.3 is 0 Å². The first kappa shape index (κ1) is 16.0. The fourth-order valence-electron chi connectivity index (χ4n) is 2.96. The molecule has 0 saturated carbocycles. The number of aryl methyl sites for hydroxylation is 3. The molecule has 1 aliphatic rings. The van der Waals surface area contributed by atoms with E-state index in [1.807, 2.05) is 13.0 Å². The predicted octanol–water partition coefficient (Wildman–Crippen LogP) is 3.86. The Hall–Kier alpha value is -2.54. The Kier molecular flexibility index (Phi) is 4.31. The van der Waals surface area contributed by atoms with Crippen LogP contribution in [-0.2, 0) is 17.6 Å². The third-order valence-electron chi connectivity index (χ3n) is 4.20. The highest BCUT2D eigenvalue weighted by atomic mass is 32.2. The van der Waals surface area contributed by atoms with Crippen LogP contribution in [0.2, 0.25) is 0 Å². The van der Waals surface area contributed by atoms with Crippen LogP contribution in [-0.4, -0.2) is 21.9 Å². The van der Waals surface area contributed by atoms with Crippen molar-refractivity contribution >= 4 is 23.4 Å². The summed E-state index contributed by atoms with van der Waals surface area (Å²) in [6, 6.07) is 7.90. The zero-order valence-electron chi connectivity index (χ0n) is 13.7. The summed E-state index contributed by atoms with van der Waals surface area (Å²) in [6.45, 7) is 1.83. The second-order valence-electron chi connectivity index (χ2n) is 5.94. The highest BCUT2D eigenvalue weighted by molar-refractivity contribution is 7.99. The lowest BCUT2D eigenvalue weighted by Crippen LogP contribution is -2.14. The average molecular weight is 355 g/mol. The molecule has 0 radical (unpaired) electrons. The molecule has 2 heterocycles. The molecule has 0 bridgehead atoms. The summed E-state index contributed by atoms with van der Waals surface area (Å²) in [4.78, 5) is 12.1. The maximum atomic E-state index is 12.1. The molecule has 0 fully saturated rings. The zero-order valence-corrected chi connectivity index (χ0v) is 14.6. The van der Waals surface area contributed by atoms with Gasteiger partial charge in [-0.15, -0.1) is 10.2 Å². The third kappa shape index (κ3) is 3.46. The minimum absolute atomic E-state index is 0.0952. The number of carbonyl (C=O) groups is 1. The lowest BCUT2D eigenvalue weighted by atomic mass is 10.1. The third-order valence-corrected chi connectivity index (χ3v) is 5.02. The molecule has 2 aromatic heterocycles. The van der Waals surface area contributed by atoms with Gasteiger partial charge in [-0.1, -0.05) is 17.8 Å². The molecule has 25 heavy (non-hydrogen) atoms. The van der Waals surface area contributed by atoms with Crippen LogP contribution >= 0.6 is 11.8 Å². The summed E-state index contributed by atoms with van der Waals surface area (Å²) < 4.78 is 10.8. The molecule has 6 nitrogen and oxygen atoms in total. The summed E-state index contributed by atoms with van der Waals surface area (Å²) in [7, 11) is 0. The van der Waals surface area contributed by atoms with E-state index >= 15 is 0 Å². The van der Waals surface area contributed by atoms with Crippen LogP contribution in [0.4, 0.5) is 5.69 Å². The van der Waals surface area contributed by atoms with E-state index in [-0.39, 0.29) is 11.7 Å². The van der Waals surface area contributed by atoms with E-state index in [1.165, 1.54) is 29.3 Å². The van der Waals surface area contributed by atoms with Gasteiger partial charge in [0.2, 0.25) is 5.91 Å². The summed E-state index contributed by atoms with van der Waals surface area (Å²) in [6.07, 6.45) is 4.99. The van der Waals surface area contributed by atoms with Crippen molar-refractivity contribution in [3.8, 4) is 11.5 Å². The maximum Gasteiger partial charge on any atom is 0.277 e. The van der Waals surface area contributed by atoms with E-state index in [0.717, 1.165) is 29.9 Å². The van der Waals surface area contributed by atoms with Crippen molar-refractivity contribution in [3.63, 3.8) is 0 Å². The summed E-state index contributed by atoms with van der Waals surface area (Å²) >= 11 is 1.21. The van der Waals surface area contributed by atoms with Crippen molar-refractivity contribution in [2.45, 2.75) is 31.4 Å². The standard InChI is InChI=1S/C18H17N3O3S/c1-11-15(7-8-23-11)17-20-21-18(24-17)25-10-16(22)19-14-6-5-12-3-2-4-13(12)9-14/h5-9H,2-4,10H2,1H3,(H,19,22). The van der Waals surface area contributed by atoms with Crippen LogP contribution in [0.25, 0.3) is 11.5 Å². The Morgan fingerprint density at radius 2 is 2.12 bits per heavy atom. The number of benzene rings is 1. The Balaban J connectivity index is 1.35. The van der Waals surface area contributed by atoms with Gasteiger partial charge in [0.1, 0.15) is 5.76 Å². The van der Waals surface area contributed by atoms with Crippen LogP contribution in [0, 0.1) is 6.92 Å². The van der Waals surface area contributed by atoms with Gasteiger partial charge in [-0.05, 0) is 55.5 Å². The Morgan fingerprint density at radius 3 is 2.96 bits per heavy atom. The molecular formula is C18H17N3O3S. The van der Waals surface area contributed by atoms with Gasteiger partial charge < -0.3 is 14.2 Å². The number of nitrogens with one attached hydrogen (secondary N) is 1. The molecule has 0 saturated heterocycles. The lowest BCUT2D eigenvalue weighted by Gasteiger charge is -2.06. The molecule has 0 atom stereocenters. The van der Waals surface area contributed by atoms with Crippen LogP contribution in [0.5, 0.6) is 0 Å². The number of fused-ring (bicyclic) bond motifs is 1. The predicted molar refractivity (Wildman–Crippen MR) is 94.6 cm³/mol. The molecule has 1 N–H and O–H groups in total. The maximum absolute atomic E-state index is 12.1. The Bertz CT molecular complexity index is 916. The van der Waals surface area contributed by atoms with Crippen molar-refractivity contribution in [2.75, 3.05) is 11.1 Å². The number of carbonyl (C=O) groups excluding carboxylic acids is 1. The second-order valence-corrected chi connectivity index (χ2v) is 6.86. The topological polar surface area (TPSA) is 81.2 Å². The number of hydrogen-bond acceptors (Lipinski definition) is 6. The van der Waals surface area contributed by atoms with Crippen molar-refractivity contribution in [1.82, 2.24) is 10.2 Å². The highest BCUT2D eigenvalue weighted by Gasteiger charge is 2.15. The normalized spacial score (nSPS) is 13.0. The van der Waals surface area contributed by atoms with Gasteiger partial charge in [-0.2, -0.15) is 0 Å². The second kappa shape index (κ2) is 6.76. The van der Waals surface area contributed by atoms with E-state index in [4.69, 9.17) is 8.83 Å². The SMILES string of the molecule is Cc1occc1-c1nnc(SCC(=O)Nc2ccc3c(c2)CCC3)o1. The fourth-order valence-corrected chi connectivity index (χ4v) is 3.52. The first-order valence-corrected chi connectivity index (χ1v) is 9.10. The number of aromatic nitrogens is 2. The van der Waals surface area contributed by atoms with E-state index in [1.54, 1.807) is 12.3 Å². The van der Waals surface area contributed by atoms with E-state index in [2.05, 4.69) is 27.6 Å². The van der Waals surface area contributed by atoms with Crippen molar-refractivity contribution < 1.29 is 13.6 Å². The molecule has 128 valence electrons. The van der Waals surface area contributed by atoms with E-state index in [0.29, 0.717) is 11.1 Å². The monoisotopic (exact) mass is 355 g/mol. The highest BCUT2D eigenvalue weighted by Crippen LogP contribution is 2.27. The number of hydrogen-bond donors (Lipinski definition) is 1. The molecule has 1 aromatic carbocycles. The van der Waals surface area contributed by atoms with E-state index < -0.39 is 0 Å². The minimum atomic E-state index is -0.0952. The van der Waals surface area contributed by atoms with E-state index in [9.17, 15) is 4.79 Å². The van der Waals surface area contributed by atoms with Crippen LogP contribution in [0.15, 0.2) is 44.6 Å². The number of thioether (sulfide) groups is 1. The Morgan fingerprint density at radius 1 is 1.24 bits per heavy atom. The first-order valence-electron chi connectivity index (χ1n) is 8.11. The molecule has 0 unspecified atom stereocenters. The molecule has 4 rings (SSSR count). The van der Waals surface area contributed by atoms with Gasteiger partial charge in [-0.25, -0.2) is 0 Å². The van der Waals surface area contributed by atoms with Gasteiger partial charge in [0.05, 0.1) is 17.6 Å². The minimum Gasteiger partial charge on any atom is -0.469 e. The number of rotatable bonds is 5. The molecular weight excluding hydrogens is 338 g/mol. The van der Waals surface area contributed by atoms with Crippen molar-refractivity contribution in [1.29, 1.82) is 0 Å². The lowest BCUT2D eigenvalue weighted by molar-refractivity contribution is -0.113. The summed E-state index contributed by atoms with van der Waals surface area (Å²) in [5, 5.41) is 11.2. The number of amides is 1. The van der Waals surface area contributed by atoms with Gasteiger partial charge in [0, 0.05) is 5.69 Å². The molecule has 1 amide bonds. The van der Waals surface area contributed by atoms with Crippen LogP contribution < -0.4 is 5.32 Å². The Labute approximate surface area is 149 Å². The smallest absolute Gasteiger partial charge is 0.277 e. The summed E-state index contributed by atoms with van der Waals surface area (Å²) in [5.41, 5.74) is 4.33. The largest absolute Gasteiger partial charge is 0.469 e. The number of nitrogens with zero attached hydrogens (tertiary/aromatic N) is 2. The van der Waals surface area contributed by atoms with Crippen LogP contribution in [0.1, 0.15) is 23.3 Å². The first-order chi connectivity index (χ1) is 12.2. The fraction of sp³-hybridized carbons (Fsp3) is 0.278. The molecule has 0 spiro atoms. The van der Waals surface area contributed by atoms with Gasteiger partial charge in [-0.3, -0.25) is 4.79 Å². The van der Waals surface area contributed by atoms with Crippen LogP contribution in [0.3, 0.4) is 0 Å².